The minimum absolute atomic E-state index is 0.114. The van der Waals surface area contributed by atoms with Gasteiger partial charge < -0.3 is 10.1 Å². The van der Waals surface area contributed by atoms with Gasteiger partial charge in [-0.05, 0) is 30.5 Å². The normalized spacial score (nSPS) is 15.3. The van der Waals surface area contributed by atoms with Gasteiger partial charge in [-0.1, -0.05) is 52.0 Å². The molecule has 1 aliphatic rings. The molecule has 1 aromatic rings. The molecular weight excluding hydrogens is 392 g/mol. The summed E-state index contributed by atoms with van der Waals surface area (Å²) in [5, 5.41) is 2.59. The van der Waals surface area contributed by atoms with Gasteiger partial charge in [-0.2, -0.15) is 4.31 Å². The third-order valence-corrected chi connectivity index (χ3v) is 7.35. The van der Waals surface area contributed by atoms with Crippen LogP contribution in [0.25, 0.3) is 0 Å². The first-order chi connectivity index (χ1) is 13.9. The van der Waals surface area contributed by atoms with Gasteiger partial charge in [0.1, 0.15) is 0 Å². The first-order valence-electron chi connectivity index (χ1n) is 10.4. The lowest BCUT2D eigenvalue weighted by atomic mass is 9.86. The fourth-order valence-electron chi connectivity index (χ4n) is 3.66. The summed E-state index contributed by atoms with van der Waals surface area (Å²) in [6, 6.07) is 6.08. The van der Waals surface area contributed by atoms with Crippen molar-refractivity contribution in [3.05, 3.63) is 24.3 Å². The molecule has 1 N–H and O–H groups in total. The third-order valence-electron chi connectivity index (χ3n) is 5.31. The molecule has 0 atom stereocenters. The highest BCUT2D eigenvalue weighted by molar-refractivity contribution is 7.89. The Kier molecular flexibility index (Phi) is 9.10. The monoisotopic (exact) mass is 424 g/mol. The molecule has 0 radical (unpaired) electrons. The van der Waals surface area contributed by atoms with Gasteiger partial charge in [0.15, 0.2) is 6.61 Å². The molecular formula is C21H32N2O5S. The van der Waals surface area contributed by atoms with Crippen LogP contribution in [-0.4, -0.2) is 44.3 Å². The van der Waals surface area contributed by atoms with Crippen molar-refractivity contribution in [1.82, 2.24) is 4.31 Å². The second-order valence-electron chi connectivity index (χ2n) is 7.37. The quantitative estimate of drug-likeness (QED) is 0.580. The number of anilines is 1. The summed E-state index contributed by atoms with van der Waals surface area (Å²) in [5.41, 5.74) is 0.349. The van der Waals surface area contributed by atoms with Gasteiger partial charge in [0.05, 0.1) is 4.90 Å². The van der Waals surface area contributed by atoms with Crippen LogP contribution in [0.2, 0.25) is 0 Å². The second kappa shape index (κ2) is 11.3. The smallest absolute Gasteiger partial charge is 0.306 e. The summed E-state index contributed by atoms with van der Waals surface area (Å²) in [6.07, 6.45) is 7.21. The number of nitrogens with zero attached hydrogens (tertiary/aromatic N) is 1. The summed E-state index contributed by atoms with van der Waals surface area (Å²) in [7, 11) is -3.61. The van der Waals surface area contributed by atoms with Gasteiger partial charge in [-0.25, -0.2) is 8.42 Å². The SMILES string of the molecule is CCN(CC)S(=O)(=O)c1cccc(NC(=O)COC(=O)CCC2CCCCC2)c1. The average molecular weight is 425 g/mol. The number of esters is 1. The van der Waals surface area contributed by atoms with Crippen molar-refractivity contribution >= 4 is 27.6 Å². The summed E-state index contributed by atoms with van der Waals surface area (Å²) in [6.45, 7) is 3.90. The Morgan fingerprint density at radius 3 is 2.48 bits per heavy atom. The van der Waals surface area contributed by atoms with Crippen LogP contribution >= 0.6 is 0 Å². The molecule has 0 aliphatic heterocycles. The molecule has 0 spiro atoms. The molecule has 0 bridgehead atoms. The first-order valence-corrected chi connectivity index (χ1v) is 11.9. The molecule has 1 aromatic carbocycles. The maximum absolute atomic E-state index is 12.6. The van der Waals surface area contributed by atoms with Gasteiger partial charge in [-0.15, -0.1) is 0 Å². The van der Waals surface area contributed by atoms with E-state index in [-0.39, 0.29) is 17.5 Å². The number of hydrogen-bond donors (Lipinski definition) is 1. The van der Waals surface area contributed by atoms with E-state index < -0.39 is 15.9 Å². The van der Waals surface area contributed by atoms with Crippen molar-refractivity contribution in [2.24, 2.45) is 5.92 Å². The highest BCUT2D eigenvalue weighted by atomic mass is 32.2. The molecule has 0 aromatic heterocycles. The number of rotatable bonds is 10. The Morgan fingerprint density at radius 1 is 1.14 bits per heavy atom. The summed E-state index contributed by atoms with van der Waals surface area (Å²) < 4.78 is 31.6. The lowest BCUT2D eigenvalue weighted by Gasteiger charge is -2.20. The standard InChI is InChI=1S/C21H32N2O5S/c1-3-23(4-2)29(26,27)19-12-8-11-18(15-19)22-20(24)16-28-21(25)14-13-17-9-6-5-7-10-17/h8,11-12,15,17H,3-7,9-10,13-14,16H2,1-2H3,(H,22,24). The van der Waals surface area contributed by atoms with E-state index in [2.05, 4.69) is 5.32 Å². The number of hydrogen-bond acceptors (Lipinski definition) is 5. The van der Waals surface area contributed by atoms with E-state index in [1.54, 1.807) is 26.0 Å². The highest BCUT2D eigenvalue weighted by Gasteiger charge is 2.22. The van der Waals surface area contributed by atoms with Crippen molar-refractivity contribution < 1.29 is 22.7 Å². The van der Waals surface area contributed by atoms with Crippen molar-refractivity contribution in [1.29, 1.82) is 0 Å². The third kappa shape index (κ3) is 7.12. The number of benzene rings is 1. The zero-order valence-electron chi connectivity index (χ0n) is 17.4. The maximum atomic E-state index is 12.6. The van der Waals surface area contributed by atoms with Gasteiger partial charge in [0.25, 0.3) is 5.91 Å². The van der Waals surface area contributed by atoms with Gasteiger partial charge in [0.2, 0.25) is 10.0 Å². The molecule has 8 heteroatoms. The average Bonchev–Trinajstić information content (AvgIpc) is 2.72. The van der Waals surface area contributed by atoms with Crippen LogP contribution in [0.3, 0.4) is 0 Å². The Labute approximate surface area is 173 Å². The Bertz CT molecular complexity index is 784. The molecule has 2 rings (SSSR count). The molecule has 1 aliphatic carbocycles. The van der Waals surface area contributed by atoms with Crippen LogP contribution < -0.4 is 5.32 Å². The summed E-state index contributed by atoms with van der Waals surface area (Å²) >= 11 is 0. The van der Waals surface area contributed by atoms with Crippen LogP contribution in [0.1, 0.15) is 58.8 Å². The second-order valence-corrected chi connectivity index (χ2v) is 9.31. The molecule has 0 heterocycles. The van der Waals surface area contributed by atoms with E-state index in [4.69, 9.17) is 4.74 Å². The molecule has 0 unspecified atom stereocenters. The fourth-order valence-corrected chi connectivity index (χ4v) is 5.16. The van der Waals surface area contributed by atoms with E-state index >= 15 is 0 Å². The lowest BCUT2D eigenvalue weighted by Crippen LogP contribution is -2.30. The van der Waals surface area contributed by atoms with Crippen LogP contribution in [0.15, 0.2) is 29.2 Å². The number of sulfonamides is 1. The van der Waals surface area contributed by atoms with Crippen LogP contribution in [0.5, 0.6) is 0 Å². The largest absolute Gasteiger partial charge is 0.456 e. The van der Waals surface area contributed by atoms with Crippen molar-refractivity contribution in [3.63, 3.8) is 0 Å². The molecule has 1 fully saturated rings. The van der Waals surface area contributed by atoms with Crippen molar-refractivity contribution in [3.8, 4) is 0 Å². The van der Waals surface area contributed by atoms with Gasteiger partial charge in [-0.3, -0.25) is 9.59 Å². The topological polar surface area (TPSA) is 92.8 Å². The molecule has 29 heavy (non-hydrogen) atoms. The number of carbonyl (C=O) groups excluding carboxylic acids is 2. The molecule has 1 amide bonds. The minimum atomic E-state index is -3.61. The zero-order chi connectivity index (χ0) is 21.3. The Hall–Kier alpha value is -1.93. The molecule has 0 saturated heterocycles. The van der Waals surface area contributed by atoms with E-state index in [1.165, 1.54) is 48.5 Å². The van der Waals surface area contributed by atoms with E-state index in [9.17, 15) is 18.0 Å². The van der Waals surface area contributed by atoms with E-state index in [0.29, 0.717) is 31.1 Å². The minimum Gasteiger partial charge on any atom is -0.456 e. The van der Waals surface area contributed by atoms with E-state index in [0.717, 1.165) is 6.42 Å². The first kappa shape index (κ1) is 23.3. The number of carbonyl (C=O) groups is 2. The Balaban J connectivity index is 1.83. The lowest BCUT2D eigenvalue weighted by molar-refractivity contribution is -0.147. The Morgan fingerprint density at radius 2 is 1.83 bits per heavy atom. The van der Waals surface area contributed by atoms with Gasteiger partial charge >= 0.3 is 5.97 Å². The number of nitrogens with one attached hydrogen (secondary N) is 1. The zero-order valence-corrected chi connectivity index (χ0v) is 18.2. The maximum Gasteiger partial charge on any atom is 0.306 e. The fraction of sp³-hybridized carbons (Fsp3) is 0.619. The predicted molar refractivity (Wildman–Crippen MR) is 112 cm³/mol. The van der Waals surface area contributed by atoms with E-state index in [1.807, 2.05) is 0 Å². The van der Waals surface area contributed by atoms with Crippen molar-refractivity contribution in [2.75, 3.05) is 25.0 Å². The van der Waals surface area contributed by atoms with Crippen LogP contribution in [-0.2, 0) is 24.3 Å². The summed E-state index contributed by atoms with van der Waals surface area (Å²) in [5.74, 6) is -0.280. The highest BCUT2D eigenvalue weighted by Crippen LogP contribution is 2.27. The number of ether oxygens (including phenoxy) is 1. The van der Waals surface area contributed by atoms with Crippen molar-refractivity contribution in [2.45, 2.75) is 63.7 Å². The molecule has 1 saturated carbocycles. The van der Waals surface area contributed by atoms with Crippen LogP contribution in [0.4, 0.5) is 5.69 Å². The number of amides is 1. The van der Waals surface area contributed by atoms with Gasteiger partial charge in [0, 0.05) is 25.2 Å². The molecule has 7 nitrogen and oxygen atoms in total. The van der Waals surface area contributed by atoms with Crippen LogP contribution in [0, 0.1) is 5.92 Å². The summed E-state index contributed by atoms with van der Waals surface area (Å²) in [4.78, 5) is 24.1. The molecule has 162 valence electrons. The predicted octanol–water partition coefficient (Wildman–Crippen LogP) is 3.56.